The van der Waals surface area contributed by atoms with E-state index in [0.29, 0.717) is 4.90 Å². The zero-order chi connectivity index (χ0) is 19.3. The zero-order valence-electron chi connectivity index (χ0n) is 13.7. The van der Waals surface area contributed by atoms with Crippen LogP contribution in [0.5, 0.6) is 0 Å². The average Bonchev–Trinajstić information content (AvgIpc) is 2.81. The molecule has 0 unspecified atom stereocenters. The van der Waals surface area contributed by atoms with Crippen LogP contribution in [0.1, 0.15) is 0 Å². The third-order valence-corrected chi connectivity index (χ3v) is 3.26. The Morgan fingerprint density at radius 1 is 1.23 bits per heavy atom. The number of ether oxygens (including phenoxy) is 1. The normalized spacial score (nSPS) is 13.6. The van der Waals surface area contributed by atoms with Gasteiger partial charge in [0.1, 0.15) is 18.9 Å². The first-order valence-electron chi connectivity index (χ1n) is 7.34. The highest BCUT2D eigenvalue weighted by molar-refractivity contribution is 6.04. The van der Waals surface area contributed by atoms with Gasteiger partial charge in [0, 0.05) is 7.05 Å². The number of carbonyl (C=O) groups excluding carboxylic acids is 5. The lowest BCUT2D eigenvalue weighted by Crippen LogP contribution is -2.40. The van der Waals surface area contributed by atoms with Gasteiger partial charge in [-0.25, -0.2) is 14.0 Å². The maximum Gasteiger partial charge on any atom is 0.327 e. The number of carbonyl (C=O) groups is 5. The SMILES string of the molecule is CN1CC(=O)N(CC(=O)OCC(=O)NC(=O)Nc2ccccc2F)C1=O. The Balaban J connectivity index is 1.75. The van der Waals surface area contributed by atoms with Crippen LogP contribution in [-0.4, -0.2) is 66.4 Å². The molecule has 0 atom stereocenters. The maximum absolute atomic E-state index is 13.4. The quantitative estimate of drug-likeness (QED) is 0.554. The van der Waals surface area contributed by atoms with Gasteiger partial charge in [-0.1, -0.05) is 12.1 Å². The number of imide groups is 2. The summed E-state index contributed by atoms with van der Waals surface area (Å²) in [6, 6.07) is 3.67. The fourth-order valence-electron chi connectivity index (χ4n) is 2.02. The first-order chi connectivity index (χ1) is 12.3. The largest absolute Gasteiger partial charge is 0.454 e. The molecule has 0 saturated carbocycles. The van der Waals surface area contributed by atoms with Crippen molar-refractivity contribution in [1.82, 2.24) is 15.1 Å². The molecule has 1 fully saturated rings. The van der Waals surface area contributed by atoms with E-state index in [2.05, 4.69) is 10.1 Å². The molecule has 1 aromatic rings. The van der Waals surface area contributed by atoms with Crippen LogP contribution in [0.25, 0.3) is 0 Å². The second-order valence-electron chi connectivity index (χ2n) is 5.26. The van der Waals surface area contributed by atoms with Crippen molar-refractivity contribution in [1.29, 1.82) is 0 Å². The number of urea groups is 2. The highest BCUT2D eigenvalue weighted by Gasteiger charge is 2.35. The van der Waals surface area contributed by atoms with Crippen LogP contribution < -0.4 is 10.6 Å². The summed E-state index contributed by atoms with van der Waals surface area (Å²) in [6.45, 7) is -1.60. The molecule has 1 heterocycles. The van der Waals surface area contributed by atoms with Crippen molar-refractivity contribution in [2.45, 2.75) is 0 Å². The Kier molecular flexibility index (Phi) is 5.83. The van der Waals surface area contributed by atoms with Gasteiger partial charge in [-0.05, 0) is 12.1 Å². The fraction of sp³-hybridized carbons (Fsp3) is 0.267. The van der Waals surface area contributed by atoms with E-state index in [0.717, 1.165) is 11.0 Å². The van der Waals surface area contributed by atoms with E-state index in [1.54, 1.807) is 0 Å². The van der Waals surface area contributed by atoms with E-state index < -0.39 is 48.8 Å². The number of hydrogen-bond acceptors (Lipinski definition) is 6. The lowest BCUT2D eigenvalue weighted by Gasteiger charge is -2.13. The molecule has 1 aliphatic heterocycles. The zero-order valence-corrected chi connectivity index (χ0v) is 13.7. The third-order valence-electron chi connectivity index (χ3n) is 3.26. The number of amides is 6. The summed E-state index contributed by atoms with van der Waals surface area (Å²) in [5.41, 5.74) is -0.134. The molecule has 0 spiro atoms. The number of nitrogens with zero attached hydrogens (tertiary/aromatic N) is 2. The van der Waals surface area contributed by atoms with Crippen LogP contribution in [0.15, 0.2) is 24.3 Å². The van der Waals surface area contributed by atoms with Crippen LogP contribution in [-0.2, 0) is 19.1 Å². The lowest BCUT2D eigenvalue weighted by atomic mass is 10.3. The van der Waals surface area contributed by atoms with Crippen molar-refractivity contribution >= 4 is 35.5 Å². The van der Waals surface area contributed by atoms with Crippen LogP contribution >= 0.6 is 0 Å². The maximum atomic E-state index is 13.4. The first kappa shape index (κ1) is 18.8. The van der Waals surface area contributed by atoms with Gasteiger partial charge < -0.3 is 15.0 Å². The minimum absolute atomic E-state index is 0.134. The van der Waals surface area contributed by atoms with Gasteiger partial charge in [0.15, 0.2) is 6.61 Å². The Labute approximate surface area is 146 Å². The Morgan fingerprint density at radius 2 is 1.92 bits per heavy atom. The number of nitrogens with one attached hydrogen (secondary N) is 2. The number of anilines is 1. The van der Waals surface area contributed by atoms with Crippen molar-refractivity contribution in [2.75, 3.05) is 32.1 Å². The van der Waals surface area contributed by atoms with Crippen LogP contribution in [0.4, 0.5) is 19.7 Å². The smallest absolute Gasteiger partial charge is 0.327 e. The number of esters is 1. The summed E-state index contributed by atoms with van der Waals surface area (Å²) in [7, 11) is 1.40. The molecule has 1 aromatic carbocycles. The Hall–Kier alpha value is -3.50. The molecule has 10 nitrogen and oxygen atoms in total. The number of rotatable bonds is 5. The van der Waals surface area contributed by atoms with Crippen LogP contribution in [0, 0.1) is 5.82 Å². The van der Waals surface area contributed by atoms with Gasteiger partial charge in [0.05, 0.1) is 5.69 Å². The molecule has 0 bridgehead atoms. The van der Waals surface area contributed by atoms with E-state index in [1.165, 1.54) is 25.2 Å². The van der Waals surface area contributed by atoms with E-state index in [4.69, 9.17) is 0 Å². The standard InChI is InChI=1S/C15H15FN4O6/c1-19-6-12(22)20(15(19)25)7-13(23)26-8-11(21)18-14(24)17-10-5-3-2-4-9(10)16/h2-5H,6-8H2,1H3,(H2,17,18,21,24). The molecule has 26 heavy (non-hydrogen) atoms. The first-order valence-corrected chi connectivity index (χ1v) is 7.34. The highest BCUT2D eigenvalue weighted by Crippen LogP contribution is 2.11. The van der Waals surface area contributed by atoms with Crippen molar-refractivity contribution in [3.63, 3.8) is 0 Å². The number of halogens is 1. The van der Waals surface area contributed by atoms with E-state index >= 15 is 0 Å². The Bertz CT molecular complexity index is 768. The Morgan fingerprint density at radius 3 is 2.54 bits per heavy atom. The van der Waals surface area contributed by atoms with Gasteiger partial charge >= 0.3 is 18.0 Å². The van der Waals surface area contributed by atoms with Gasteiger partial charge in [0.25, 0.3) is 11.8 Å². The number of para-hydroxylation sites is 1. The summed E-state index contributed by atoms with van der Waals surface area (Å²) in [6.07, 6.45) is 0. The van der Waals surface area contributed by atoms with Gasteiger partial charge in [0.2, 0.25) is 0 Å². The predicted octanol–water partition coefficient (Wildman–Crippen LogP) is -0.0890. The molecule has 2 rings (SSSR count). The van der Waals surface area contributed by atoms with E-state index in [-0.39, 0.29) is 12.2 Å². The fourth-order valence-corrected chi connectivity index (χ4v) is 2.02. The number of likely N-dealkylation sites (N-methyl/N-ethyl adjacent to an activating group) is 1. The lowest BCUT2D eigenvalue weighted by molar-refractivity contribution is -0.150. The summed E-state index contributed by atoms with van der Waals surface area (Å²) in [5.74, 6) is -3.22. The molecule has 0 aromatic heterocycles. The molecular weight excluding hydrogens is 351 g/mol. The summed E-state index contributed by atoms with van der Waals surface area (Å²) in [4.78, 5) is 59.6. The van der Waals surface area contributed by atoms with Gasteiger partial charge in [-0.2, -0.15) is 0 Å². The average molecular weight is 366 g/mol. The number of benzene rings is 1. The molecule has 0 aliphatic carbocycles. The molecule has 138 valence electrons. The monoisotopic (exact) mass is 366 g/mol. The number of hydrogen-bond donors (Lipinski definition) is 2. The highest BCUT2D eigenvalue weighted by atomic mass is 19.1. The summed E-state index contributed by atoms with van der Waals surface area (Å²) in [5, 5.41) is 3.96. The van der Waals surface area contributed by atoms with Gasteiger partial charge in [-0.15, -0.1) is 0 Å². The molecular formula is C15H15FN4O6. The molecule has 1 saturated heterocycles. The molecule has 1 aliphatic rings. The van der Waals surface area contributed by atoms with Gasteiger partial charge in [-0.3, -0.25) is 24.6 Å². The predicted molar refractivity (Wildman–Crippen MR) is 84.3 cm³/mol. The van der Waals surface area contributed by atoms with E-state index in [9.17, 15) is 28.4 Å². The van der Waals surface area contributed by atoms with E-state index in [1.807, 2.05) is 5.32 Å². The van der Waals surface area contributed by atoms with Crippen LogP contribution in [0.3, 0.4) is 0 Å². The second-order valence-corrected chi connectivity index (χ2v) is 5.26. The molecule has 0 radical (unpaired) electrons. The minimum atomic E-state index is -1.01. The third kappa shape index (κ3) is 4.75. The van der Waals surface area contributed by atoms with Crippen molar-refractivity contribution < 1.29 is 33.1 Å². The molecule has 11 heteroatoms. The van der Waals surface area contributed by atoms with Crippen molar-refractivity contribution in [2.24, 2.45) is 0 Å². The molecule has 2 N–H and O–H groups in total. The van der Waals surface area contributed by atoms with Crippen molar-refractivity contribution in [3.05, 3.63) is 30.1 Å². The van der Waals surface area contributed by atoms with Crippen LogP contribution in [0.2, 0.25) is 0 Å². The molecule has 6 amide bonds. The summed E-state index contributed by atoms with van der Waals surface area (Å²) < 4.78 is 18.0. The van der Waals surface area contributed by atoms with Crippen molar-refractivity contribution in [3.8, 4) is 0 Å². The topological polar surface area (TPSA) is 125 Å². The summed E-state index contributed by atoms with van der Waals surface area (Å²) >= 11 is 0. The second kappa shape index (κ2) is 8.05. The minimum Gasteiger partial charge on any atom is -0.454 e.